The molecule has 21 heavy (non-hydrogen) atoms. The third kappa shape index (κ3) is 4.58. The fraction of sp³-hybridized carbons (Fsp3) is 0.625. The van der Waals surface area contributed by atoms with E-state index >= 15 is 0 Å². The topological polar surface area (TPSA) is 38.7 Å². The number of hydrogen-bond acceptors (Lipinski definition) is 4. The maximum atomic E-state index is 9.02. The van der Waals surface area contributed by atoms with Gasteiger partial charge in [-0.05, 0) is 25.1 Å². The number of nitrogens with one attached hydrogen (secondary N) is 1. The Bertz CT molecular complexity index is 434. The molecule has 2 rings (SSSR count). The first-order chi connectivity index (χ1) is 10.3. The van der Waals surface area contributed by atoms with E-state index in [4.69, 9.17) is 16.7 Å². The molecule has 0 atom stereocenters. The van der Waals surface area contributed by atoms with Crippen molar-refractivity contribution in [3.63, 3.8) is 0 Å². The monoisotopic (exact) mass is 311 g/mol. The highest BCUT2D eigenvalue weighted by molar-refractivity contribution is 6.31. The molecule has 4 nitrogen and oxygen atoms in total. The summed E-state index contributed by atoms with van der Waals surface area (Å²) in [7, 11) is 0. The molecule has 0 aromatic heterocycles. The SMILES string of the molecule is CCCNCc1c(Cl)cccc1N1CCN(CCO)CC1. The van der Waals surface area contributed by atoms with Gasteiger partial charge in [0, 0.05) is 55.5 Å². The highest BCUT2D eigenvalue weighted by atomic mass is 35.5. The van der Waals surface area contributed by atoms with E-state index in [1.807, 2.05) is 12.1 Å². The van der Waals surface area contributed by atoms with E-state index in [-0.39, 0.29) is 6.61 Å². The number of anilines is 1. The van der Waals surface area contributed by atoms with E-state index < -0.39 is 0 Å². The van der Waals surface area contributed by atoms with Crippen LogP contribution in [0, 0.1) is 0 Å². The molecule has 0 spiro atoms. The first kappa shape index (κ1) is 16.6. The number of aliphatic hydroxyl groups excluding tert-OH is 1. The standard InChI is InChI=1S/C16H26ClN3O/c1-2-6-18-13-14-15(17)4-3-5-16(14)20-9-7-19(8-10-20)11-12-21/h3-5,18,21H,2,6-13H2,1H3. The second-order valence-corrected chi connectivity index (χ2v) is 5.87. The highest BCUT2D eigenvalue weighted by Crippen LogP contribution is 2.28. The van der Waals surface area contributed by atoms with Gasteiger partial charge in [-0.25, -0.2) is 0 Å². The Morgan fingerprint density at radius 1 is 1.24 bits per heavy atom. The van der Waals surface area contributed by atoms with Crippen LogP contribution in [0.3, 0.4) is 0 Å². The van der Waals surface area contributed by atoms with Gasteiger partial charge < -0.3 is 15.3 Å². The summed E-state index contributed by atoms with van der Waals surface area (Å²) in [5.41, 5.74) is 2.44. The van der Waals surface area contributed by atoms with Crippen LogP contribution in [0.4, 0.5) is 5.69 Å². The van der Waals surface area contributed by atoms with E-state index in [1.54, 1.807) is 0 Å². The van der Waals surface area contributed by atoms with Gasteiger partial charge in [0.05, 0.1) is 6.61 Å². The molecule has 0 unspecified atom stereocenters. The van der Waals surface area contributed by atoms with E-state index in [0.29, 0.717) is 0 Å². The van der Waals surface area contributed by atoms with Gasteiger partial charge in [-0.2, -0.15) is 0 Å². The summed E-state index contributed by atoms with van der Waals surface area (Å²) >= 11 is 6.40. The molecule has 118 valence electrons. The van der Waals surface area contributed by atoms with Crippen LogP contribution in [0.5, 0.6) is 0 Å². The number of halogens is 1. The zero-order chi connectivity index (χ0) is 15.1. The lowest BCUT2D eigenvalue weighted by Crippen LogP contribution is -2.47. The van der Waals surface area contributed by atoms with Gasteiger partial charge in [-0.1, -0.05) is 24.6 Å². The molecule has 1 aromatic carbocycles. The van der Waals surface area contributed by atoms with Crippen LogP contribution in [0.15, 0.2) is 18.2 Å². The molecule has 2 N–H and O–H groups in total. The summed E-state index contributed by atoms with van der Waals surface area (Å²) in [6, 6.07) is 6.16. The quantitative estimate of drug-likeness (QED) is 0.755. The molecular formula is C16H26ClN3O. The molecule has 5 heteroatoms. The molecule has 0 saturated carbocycles. The Labute approximate surface area is 132 Å². The fourth-order valence-electron chi connectivity index (χ4n) is 2.76. The lowest BCUT2D eigenvalue weighted by Gasteiger charge is -2.37. The first-order valence-electron chi connectivity index (χ1n) is 7.82. The van der Waals surface area contributed by atoms with Crippen molar-refractivity contribution in [2.45, 2.75) is 19.9 Å². The number of rotatable bonds is 7. The Morgan fingerprint density at radius 3 is 2.67 bits per heavy atom. The van der Waals surface area contributed by atoms with Crippen LogP contribution in [0.25, 0.3) is 0 Å². The molecular weight excluding hydrogens is 286 g/mol. The molecule has 0 radical (unpaired) electrons. The number of benzene rings is 1. The minimum absolute atomic E-state index is 0.239. The number of nitrogens with zero attached hydrogens (tertiary/aromatic N) is 2. The average molecular weight is 312 g/mol. The molecule has 1 heterocycles. The minimum Gasteiger partial charge on any atom is -0.395 e. The van der Waals surface area contributed by atoms with Gasteiger partial charge in [0.1, 0.15) is 0 Å². The third-order valence-corrected chi connectivity index (χ3v) is 4.31. The average Bonchev–Trinajstić information content (AvgIpc) is 2.50. The summed E-state index contributed by atoms with van der Waals surface area (Å²) < 4.78 is 0. The van der Waals surface area contributed by atoms with Crippen molar-refractivity contribution in [1.29, 1.82) is 0 Å². The summed E-state index contributed by atoms with van der Waals surface area (Å²) in [6.45, 7) is 8.97. The molecule has 1 fully saturated rings. The third-order valence-electron chi connectivity index (χ3n) is 3.95. The van der Waals surface area contributed by atoms with Crippen LogP contribution in [0.2, 0.25) is 5.02 Å². The van der Waals surface area contributed by atoms with Gasteiger partial charge in [0.25, 0.3) is 0 Å². The van der Waals surface area contributed by atoms with Crippen LogP contribution in [-0.4, -0.2) is 55.9 Å². The highest BCUT2D eigenvalue weighted by Gasteiger charge is 2.19. The number of β-amino-alcohol motifs (C(OH)–C–C–N with tert-alkyl or cyclic N) is 1. The maximum Gasteiger partial charge on any atom is 0.0558 e. The van der Waals surface area contributed by atoms with Crippen LogP contribution in [0.1, 0.15) is 18.9 Å². The van der Waals surface area contributed by atoms with Gasteiger partial charge in [0.2, 0.25) is 0 Å². The molecule has 1 saturated heterocycles. The number of piperazine rings is 1. The van der Waals surface area contributed by atoms with Gasteiger partial charge in [-0.15, -0.1) is 0 Å². The number of hydrogen-bond donors (Lipinski definition) is 2. The molecule has 0 bridgehead atoms. The van der Waals surface area contributed by atoms with Crippen LogP contribution < -0.4 is 10.2 Å². The van der Waals surface area contributed by atoms with Gasteiger partial charge >= 0.3 is 0 Å². The van der Waals surface area contributed by atoms with E-state index in [1.165, 1.54) is 11.3 Å². The van der Waals surface area contributed by atoms with E-state index in [9.17, 15) is 0 Å². The van der Waals surface area contributed by atoms with Crippen molar-refractivity contribution < 1.29 is 5.11 Å². The summed E-state index contributed by atoms with van der Waals surface area (Å²) in [5, 5.41) is 13.3. The molecule has 0 aliphatic carbocycles. The van der Waals surface area contributed by atoms with E-state index in [2.05, 4.69) is 28.1 Å². The summed E-state index contributed by atoms with van der Waals surface area (Å²) in [6.07, 6.45) is 1.12. The van der Waals surface area contributed by atoms with Crippen molar-refractivity contribution in [3.8, 4) is 0 Å². The second-order valence-electron chi connectivity index (χ2n) is 5.47. The van der Waals surface area contributed by atoms with Crippen molar-refractivity contribution in [2.75, 3.05) is 50.8 Å². The molecule has 1 aliphatic heterocycles. The Kier molecular flexibility index (Phi) is 6.77. The Morgan fingerprint density at radius 2 is 2.00 bits per heavy atom. The van der Waals surface area contributed by atoms with Crippen LogP contribution in [-0.2, 0) is 6.54 Å². The zero-order valence-corrected chi connectivity index (χ0v) is 13.6. The van der Waals surface area contributed by atoms with Crippen molar-refractivity contribution in [1.82, 2.24) is 10.2 Å². The maximum absolute atomic E-state index is 9.02. The van der Waals surface area contributed by atoms with E-state index in [0.717, 1.165) is 57.3 Å². The van der Waals surface area contributed by atoms with Crippen molar-refractivity contribution >= 4 is 17.3 Å². The van der Waals surface area contributed by atoms with Crippen molar-refractivity contribution in [3.05, 3.63) is 28.8 Å². The predicted octanol–water partition coefficient (Wildman–Crippen LogP) is 1.95. The largest absolute Gasteiger partial charge is 0.395 e. The second kappa shape index (κ2) is 8.59. The predicted molar refractivity (Wildman–Crippen MR) is 89.2 cm³/mol. The van der Waals surface area contributed by atoms with Gasteiger partial charge in [-0.3, -0.25) is 4.90 Å². The zero-order valence-electron chi connectivity index (χ0n) is 12.8. The lowest BCUT2D eigenvalue weighted by atomic mass is 10.1. The number of aliphatic hydroxyl groups is 1. The molecule has 0 amide bonds. The van der Waals surface area contributed by atoms with Crippen LogP contribution >= 0.6 is 11.6 Å². The summed E-state index contributed by atoms with van der Waals surface area (Å²) in [5.74, 6) is 0. The van der Waals surface area contributed by atoms with Gasteiger partial charge in [0.15, 0.2) is 0 Å². The Hall–Kier alpha value is -0.810. The minimum atomic E-state index is 0.239. The summed E-state index contributed by atoms with van der Waals surface area (Å²) in [4.78, 5) is 4.71. The normalized spacial score (nSPS) is 16.4. The van der Waals surface area contributed by atoms with Crippen molar-refractivity contribution in [2.24, 2.45) is 0 Å². The molecule has 1 aliphatic rings. The fourth-order valence-corrected chi connectivity index (χ4v) is 3.00. The lowest BCUT2D eigenvalue weighted by molar-refractivity contribution is 0.188. The molecule has 1 aromatic rings. The Balaban J connectivity index is 2.04. The smallest absolute Gasteiger partial charge is 0.0558 e. The first-order valence-corrected chi connectivity index (χ1v) is 8.20.